The molecule has 0 aromatic heterocycles. The highest BCUT2D eigenvalue weighted by atomic mass is 16.5. The van der Waals surface area contributed by atoms with Crippen LogP contribution < -0.4 is 20.7 Å². The second kappa shape index (κ2) is 5.81. The Balaban J connectivity index is 1.81. The number of benzene rings is 1. The van der Waals surface area contributed by atoms with E-state index < -0.39 is 0 Å². The third kappa shape index (κ3) is 3.05. The fourth-order valence-electron chi connectivity index (χ4n) is 2.56. The molecule has 2 aliphatic rings. The first-order chi connectivity index (χ1) is 10.2. The van der Waals surface area contributed by atoms with Crippen LogP contribution in [0.5, 0.6) is 5.75 Å². The zero-order valence-electron chi connectivity index (χ0n) is 12.2. The summed E-state index contributed by atoms with van der Waals surface area (Å²) in [6.45, 7) is 1.64. The smallest absolute Gasteiger partial charge is 0.245 e. The minimum atomic E-state index is -0.324. The Morgan fingerprint density at radius 1 is 1.48 bits per heavy atom. The second-order valence-electron chi connectivity index (χ2n) is 5.49. The van der Waals surface area contributed by atoms with Crippen molar-refractivity contribution in [3.63, 3.8) is 0 Å². The highest BCUT2D eigenvalue weighted by molar-refractivity contribution is 5.87. The summed E-state index contributed by atoms with van der Waals surface area (Å²) in [6, 6.07) is 5.55. The molecule has 1 aliphatic carbocycles. The van der Waals surface area contributed by atoms with Crippen molar-refractivity contribution < 1.29 is 14.3 Å². The van der Waals surface area contributed by atoms with Crippen LogP contribution in [0.2, 0.25) is 0 Å². The minimum absolute atomic E-state index is 0.0208. The molecule has 1 unspecified atom stereocenters. The number of morpholine rings is 1. The van der Waals surface area contributed by atoms with Crippen LogP contribution in [-0.4, -0.2) is 44.9 Å². The SMILES string of the molecule is COc1ccc(N2CCOCC2C(=O)NC2CC2)c(N)c1. The van der Waals surface area contributed by atoms with Crippen LogP contribution in [0.3, 0.4) is 0 Å². The Morgan fingerprint density at radius 3 is 2.95 bits per heavy atom. The van der Waals surface area contributed by atoms with E-state index in [0.717, 1.165) is 18.5 Å². The Bertz CT molecular complexity index is 531. The van der Waals surface area contributed by atoms with Crippen molar-refractivity contribution in [2.75, 3.05) is 37.5 Å². The van der Waals surface area contributed by atoms with Crippen molar-refractivity contribution in [1.82, 2.24) is 5.32 Å². The van der Waals surface area contributed by atoms with Gasteiger partial charge in [-0.2, -0.15) is 0 Å². The van der Waals surface area contributed by atoms with E-state index in [2.05, 4.69) is 5.32 Å². The topological polar surface area (TPSA) is 76.8 Å². The minimum Gasteiger partial charge on any atom is -0.497 e. The van der Waals surface area contributed by atoms with E-state index in [9.17, 15) is 4.79 Å². The molecular formula is C15H21N3O3. The van der Waals surface area contributed by atoms with Crippen LogP contribution in [0.25, 0.3) is 0 Å². The quantitative estimate of drug-likeness (QED) is 0.801. The van der Waals surface area contributed by atoms with Gasteiger partial charge >= 0.3 is 0 Å². The molecule has 1 aromatic carbocycles. The number of carbonyl (C=O) groups is 1. The second-order valence-corrected chi connectivity index (χ2v) is 5.49. The van der Waals surface area contributed by atoms with Crippen molar-refractivity contribution in [2.45, 2.75) is 24.9 Å². The van der Waals surface area contributed by atoms with Gasteiger partial charge in [-0.1, -0.05) is 0 Å². The largest absolute Gasteiger partial charge is 0.497 e. The Morgan fingerprint density at radius 2 is 2.29 bits per heavy atom. The number of methoxy groups -OCH3 is 1. The molecule has 1 saturated carbocycles. The van der Waals surface area contributed by atoms with Gasteiger partial charge in [0.05, 0.1) is 31.7 Å². The van der Waals surface area contributed by atoms with Gasteiger partial charge in [-0.05, 0) is 25.0 Å². The van der Waals surface area contributed by atoms with Crippen LogP contribution in [0.4, 0.5) is 11.4 Å². The normalized spacial score (nSPS) is 22.0. The molecule has 1 aliphatic heterocycles. The van der Waals surface area contributed by atoms with Gasteiger partial charge in [-0.25, -0.2) is 0 Å². The van der Waals surface area contributed by atoms with Gasteiger partial charge in [0, 0.05) is 18.7 Å². The van der Waals surface area contributed by atoms with Crippen molar-refractivity contribution in [1.29, 1.82) is 0 Å². The first kappa shape index (κ1) is 14.0. The number of hydrogen-bond donors (Lipinski definition) is 2. The van der Waals surface area contributed by atoms with E-state index >= 15 is 0 Å². The number of nitrogens with zero attached hydrogens (tertiary/aromatic N) is 1. The predicted molar refractivity (Wildman–Crippen MR) is 80.5 cm³/mol. The molecule has 0 radical (unpaired) electrons. The summed E-state index contributed by atoms with van der Waals surface area (Å²) in [6.07, 6.45) is 2.15. The molecule has 21 heavy (non-hydrogen) atoms. The molecule has 6 nitrogen and oxygen atoms in total. The van der Waals surface area contributed by atoms with E-state index in [1.165, 1.54) is 0 Å². The summed E-state index contributed by atoms with van der Waals surface area (Å²) >= 11 is 0. The molecule has 6 heteroatoms. The number of ether oxygens (including phenoxy) is 2. The van der Waals surface area contributed by atoms with E-state index in [4.69, 9.17) is 15.2 Å². The van der Waals surface area contributed by atoms with Crippen LogP contribution in [-0.2, 0) is 9.53 Å². The van der Waals surface area contributed by atoms with Crippen LogP contribution >= 0.6 is 0 Å². The molecule has 1 aromatic rings. The summed E-state index contributed by atoms with van der Waals surface area (Å²) in [5.41, 5.74) is 7.58. The maximum Gasteiger partial charge on any atom is 0.245 e. The number of carbonyl (C=O) groups excluding carboxylic acids is 1. The molecular weight excluding hydrogens is 270 g/mol. The van der Waals surface area contributed by atoms with E-state index in [-0.39, 0.29) is 11.9 Å². The molecule has 3 rings (SSSR count). The van der Waals surface area contributed by atoms with Gasteiger partial charge in [-0.15, -0.1) is 0 Å². The first-order valence-corrected chi connectivity index (χ1v) is 7.27. The van der Waals surface area contributed by atoms with Crippen molar-refractivity contribution >= 4 is 17.3 Å². The molecule has 0 bridgehead atoms. The standard InChI is InChI=1S/C15H21N3O3/c1-20-11-4-5-13(12(16)8-11)18-6-7-21-9-14(18)15(19)17-10-2-3-10/h4-5,8,10,14H,2-3,6-7,9,16H2,1H3,(H,17,19). The van der Waals surface area contributed by atoms with Gasteiger partial charge < -0.3 is 25.4 Å². The number of anilines is 2. The molecule has 3 N–H and O–H groups in total. The monoisotopic (exact) mass is 291 g/mol. The molecule has 0 spiro atoms. The number of amides is 1. The summed E-state index contributed by atoms with van der Waals surface area (Å²) in [5.74, 6) is 0.732. The van der Waals surface area contributed by atoms with Crippen molar-refractivity contribution in [3.8, 4) is 5.75 Å². The lowest BCUT2D eigenvalue weighted by atomic mass is 10.1. The number of nitrogens with one attached hydrogen (secondary N) is 1. The van der Waals surface area contributed by atoms with Gasteiger partial charge in [0.1, 0.15) is 11.8 Å². The molecule has 1 amide bonds. The lowest BCUT2D eigenvalue weighted by Crippen LogP contribution is -2.54. The van der Waals surface area contributed by atoms with E-state index in [1.54, 1.807) is 13.2 Å². The van der Waals surface area contributed by atoms with Crippen LogP contribution in [0, 0.1) is 0 Å². The fourth-order valence-corrected chi connectivity index (χ4v) is 2.56. The average Bonchev–Trinajstić information content (AvgIpc) is 3.31. The number of hydrogen-bond acceptors (Lipinski definition) is 5. The first-order valence-electron chi connectivity index (χ1n) is 7.27. The molecule has 114 valence electrons. The fraction of sp³-hybridized carbons (Fsp3) is 0.533. The number of nitrogens with two attached hydrogens (primary N) is 1. The van der Waals surface area contributed by atoms with Crippen LogP contribution in [0.15, 0.2) is 18.2 Å². The Kier molecular flexibility index (Phi) is 3.88. The van der Waals surface area contributed by atoms with Gasteiger partial charge in [0.25, 0.3) is 0 Å². The summed E-state index contributed by atoms with van der Waals surface area (Å²) < 4.78 is 10.6. The number of rotatable bonds is 4. The molecule has 1 heterocycles. The predicted octanol–water partition coefficient (Wildman–Crippen LogP) is 0.761. The third-order valence-corrected chi connectivity index (χ3v) is 3.90. The maximum absolute atomic E-state index is 12.4. The maximum atomic E-state index is 12.4. The van der Waals surface area contributed by atoms with Gasteiger partial charge in [0.2, 0.25) is 5.91 Å². The number of nitrogen functional groups attached to an aromatic ring is 1. The highest BCUT2D eigenvalue weighted by Crippen LogP contribution is 2.30. The summed E-state index contributed by atoms with van der Waals surface area (Å²) in [5, 5.41) is 3.04. The Hall–Kier alpha value is -1.95. The average molecular weight is 291 g/mol. The summed E-state index contributed by atoms with van der Waals surface area (Å²) in [4.78, 5) is 14.4. The zero-order valence-corrected chi connectivity index (χ0v) is 12.2. The van der Waals surface area contributed by atoms with Gasteiger partial charge in [-0.3, -0.25) is 4.79 Å². The molecule has 2 fully saturated rings. The third-order valence-electron chi connectivity index (χ3n) is 3.90. The lowest BCUT2D eigenvalue weighted by molar-refractivity contribution is -0.124. The molecule has 1 atom stereocenters. The van der Waals surface area contributed by atoms with E-state index in [0.29, 0.717) is 37.2 Å². The highest BCUT2D eigenvalue weighted by Gasteiger charge is 2.34. The van der Waals surface area contributed by atoms with E-state index in [1.807, 2.05) is 17.0 Å². The van der Waals surface area contributed by atoms with Crippen molar-refractivity contribution in [2.24, 2.45) is 0 Å². The van der Waals surface area contributed by atoms with Crippen molar-refractivity contribution in [3.05, 3.63) is 18.2 Å². The van der Waals surface area contributed by atoms with Gasteiger partial charge in [0.15, 0.2) is 0 Å². The van der Waals surface area contributed by atoms with Crippen LogP contribution in [0.1, 0.15) is 12.8 Å². The summed E-state index contributed by atoms with van der Waals surface area (Å²) in [7, 11) is 1.61. The Labute approximate surface area is 124 Å². The molecule has 1 saturated heterocycles. The zero-order chi connectivity index (χ0) is 14.8. The lowest BCUT2D eigenvalue weighted by Gasteiger charge is -2.37.